The SMILES string of the molecule is O=c1ccn2c(C3CCCS3)n[nH]c2c1. The number of fused-ring (bicyclic) bond motifs is 1. The quantitative estimate of drug-likeness (QED) is 0.795. The fourth-order valence-electron chi connectivity index (χ4n) is 1.94. The number of nitrogens with one attached hydrogen (secondary N) is 1. The molecule has 0 radical (unpaired) electrons. The molecule has 3 rings (SSSR count). The molecule has 4 nitrogen and oxygen atoms in total. The Labute approximate surface area is 90.7 Å². The molecule has 0 aliphatic carbocycles. The highest BCUT2D eigenvalue weighted by molar-refractivity contribution is 7.99. The number of nitrogens with zero attached hydrogens (tertiary/aromatic N) is 2. The summed E-state index contributed by atoms with van der Waals surface area (Å²) in [4.78, 5) is 11.1. The lowest BCUT2D eigenvalue weighted by Crippen LogP contribution is -2.02. The van der Waals surface area contributed by atoms with E-state index in [2.05, 4.69) is 10.2 Å². The molecule has 1 N–H and O–H groups in total. The molecule has 3 heterocycles. The van der Waals surface area contributed by atoms with E-state index in [1.54, 1.807) is 18.3 Å². The first kappa shape index (κ1) is 9.03. The van der Waals surface area contributed by atoms with Gasteiger partial charge in [-0.15, -0.1) is 0 Å². The van der Waals surface area contributed by atoms with Gasteiger partial charge in [-0.05, 0) is 18.6 Å². The average Bonchev–Trinajstić information content (AvgIpc) is 2.82. The molecule has 0 spiro atoms. The normalized spacial score (nSPS) is 21.2. The molecule has 78 valence electrons. The van der Waals surface area contributed by atoms with E-state index in [1.807, 2.05) is 16.2 Å². The van der Waals surface area contributed by atoms with Crippen LogP contribution in [0.25, 0.3) is 5.65 Å². The number of hydrogen-bond acceptors (Lipinski definition) is 3. The average molecular weight is 221 g/mol. The van der Waals surface area contributed by atoms with Crippen LogP contribution in [0.4, 0.5) is 0 Å². The zero-order valence-corrected chi connectivity index (χ0v) is 8.96. The van der Waals surface area contributed by atoms with Crippen molar-refractivity contribution in [1.82, 2.24) is 14.6 Å². The Bertz CT molecular complexity index is 539. The Hall–Kier alpha value is -1.23. The van der Waals surface area contributed by atoms with Crippen molar-refractivity contribution in [3.63, 3.8) is 0 Å². The molecule has 0 bridgehead atoms. The van der Waals surface area contributed by atoms with Crippen molar-refractivity contribution in [3.05, 3.63) is 34.4 Å². The molecule has 15 heavy (non-hydrogen) atoms. The van der Waals surface area contributed by atoms with E-state index in [9.17, 15) is 4.79 Å². The highest BCUT2D eigenvalue weighted by Gasteiger charge is 2.22. The van der Waals surface area contributed by atoms with Gasteiger partial charge in [0.25, 0.3) is 0 Å². The number of rotatable bonds is 1. The number of aromatic amines is 1. The molecular formula is C10H11N3OS. The molecule has 0 amide bonds. The van der Waals surface area contributed by atoms with Gasteiger partial charge in [-0.1, -0.05) is 0 Å². The molecule has 1 aliphatic heterocycles. The lowest BCUT2D eigenvalue weighted by molar-refractivity contribution is 0.766. The van der Waals surface area contributed by atoms with Gasteiger partial charge in [0.2, 0.25) is 0 Å². The number of H-pyrrole nitrogens is 1. The van der Waals surface area contributed by atoms with Crippen LogP contribution in [0, 0.1) is 0 Å². The van der Waals surface area contributed by atoms with Crippen LogP contribution in [-0.4, -0.2) is 20.4 Å². The molecular weight excluding hydrogens is 210 g/mol. The summed E-state index contributed by atoms with van der Waals surface area (Å²) >= 11 is 1.94. The summed E-state index contributed by atoms with van der Waals surface area (Å²) in [6.45, 7) is 0. The van der Waals surface area contributed by atoms with Crippen molar-refractivity contribution >= 4 is 17.4 Å². The third kappa shape index (κ3) is 1.47. The number of hydrogen-bond donors (Lipinski definition) is 1. The van der Waals surface area contributed by atoms with Crippen molar-refractivity contribution in [2.75, 3.05) is 5.75 Å². The molecule has 2 aromatic heterocycles. The van der Waals surface area contributed by atoms with Gasteiger partial charge in [0.15, 0.2) is 5.43 Å². The smallest absolute Gasteiger partial charge is 0.183 e. The van der Waals surface area contributed by atoms with Crippen molar-refractivity contribution in [3.8, 4) is 0 Å². The highest BCUT2D eigenvalue weighted by atomic mass is 32.2. The molecule has 1 unspecified atom stereocenters. The predicted molar refractivity (Wildman–Crippen MR) is 60.2 cm³/mol. The third-order valence-electron chi connectivity index (χ3n) is 2.68. The van der Waals surface area contributed by atoms with Crippen LogP contribution in [-0.2, 0) is 0 Å². The molecule has 1 atom stereocenters. The summed E-state index contributed by atoms with van der Waals surface area (Å²) in [5, 5.41) is 7.68. The van der Waals surface area contributed by atoms with E-state index in [-0.39, 0.29) is 5.43 Å². The molecule has 0 saturated carbocycles. The maximum Gasteiger partial charge on any atom is 0.183 e. The van der Waals surface area contributed by atoms with Gasteiger partial charge in [0.05, 0.1) is 5.25 Å². The summed E-state index contributed by atoms with van der Waals surface area (Å²) in [7, 11) is 0. The van der Waals surface area contributed by atoms with Crippen LogP contribution in [0.1, 0.15) is 23.9 Å². The maximum absolute atomic E-state index is 11.1. The summed E-state index contributed by atoms with van der Waals surface area (Å²) in [6.07, 6.45) is 4.23. The van der Waals surface area contributed by atoms with Crippen LogP contribution in [0.2, 0.25) is 0 Å². The highest BCUT2D eigenvalue weighted by Crippen LogP contribution is 2.38. The largest absolute Gasteiger partial charge is 0.290 e. The fourth-order valence-corrected chi connectivity index (χ4v) is 3.21. The van der Waals surface area contributed by atoms with Crippen molar-refractivity contribution in [1.29, 1.82) is 0 Å². The van der Waals surface area contributed by atoms with E-state index in [0.717, 1.165) is 11.5 Å². The van der Waals surface area contributed by atoms with Gasteiger partial charge in [0, 0.05) is 18.3 Å². The third-order valence-corrected chi connectivity index (χ3v) is 4.05. The molecule has 1 aliphatic rings. The predicted octanol–water partition coefficient (Wildman–Crippen LogP) is 1.59. The Kier molecular flexibility index (Phi) is 2.05. The van der Waals surface area contributed by atoms with Gasteiger partial charge in [-0.25, -0.2) is 0 Å². The first-order chi connectivity index (χ1) is 7.34. The number of pyridine rings is 1. The summed E-state index contributed by atoms with van der Waals surface area (Å²) in [5.74, 6) is 2.24. The minimum Gasteiger partial charge on any atom is -0.290 e. The van der Waals surface area contributed by atoms with Crippen LogP contribution in [0.3, 0.4) is 0 Å². The molecule has 0 aromatic carbocycles. The van der Waals surface area contributed by atoms with Crippen LogP contribution < -0.4 is 5.43 Å². The Balaban J connectivity index is 2.15. The Morgan fingerprint density at radius 1 is 1.60 bits per heavy atom. The topological polar surface area (TPSA) is 50.2 Å². The fraction of sp³-hybridized carbons (Fsp3) is 0.400. The van der Waals surface area contributed by atoms with Gasteiger partial charge >= 0.3 is 0 Å². The minimum absolute atomic E-state index is 0.0178. The maximum atomic E-state index is 11.1. The summed E-state index contributed by atoms with van der Waals surface area (Å²) in [5.41, 5.74) is 0.800. The lowest BCUT2D eigenvalue weighted by atomic mass is 10.2. The molecule has 1 fully saturated rings. The van der Waals surface area contributed by atoms with Crippen molar-refractivity contribution in [2.24, 2.45) is 0 Å². The second-order valence-corrected chi connectivity index (χ2v) is 5.01. The van der Waals surface area contributed by atoms with Gasteiger partial charge in [-0.2, -0.15) is 16.9 Å². The molecule has 5 heteroatoms. The monoisotopic (exact) mass is 221 g/mol. The van der Waals surface area contributed by atoms with Crippen LogP contribution >= 0.6 is 11.8 Å². The van der Waals surface area contributed by atoms with Crippen LogP contribution in [0.15, 0.2) is 23.1 Å². The van der Waals surface area contributed by atoms with E-state index >= 15 is 0 Å². The zero-order chi connectivity index (χ0) is 10.3. The Morgan fingerprint density at radius 3 is 3.33 bits per heavy atom. The van der Waals surface area contributed by atoms with Gasteiger partial charge < -0.3 is 0 Å². The summed E-state index contributed by atoms with van der Waals surface area (Å²) < 4.78 is 1.98. The molecule has 2 aromatic rings. The number of thioether (sulfide) groups is 1. The first-order valence-corrected chi connectivity index (χ1v) is 6.08. The van der Waals surface area contributed by atoms with E-state index < -0.39 is 0 Å². The van der Waals surface area contributed by atoms with E-state index in [0.29, 0.717) is 5.25 Å². The van der Waals surface area contributed by atoms with E-state index in [1.165, 1.54) is 18.6 Å². The number of aromatic nitrogens is 3. The van der Waals surface area contributed by atoms with Crippen LogP contribution in [0.5, 0.6) is 0 Å². The van der Waals surface area contributed by atoms with Crippen molar-refractivity contribution < 1.29 is 0 Å². The van der Waals surface area contributed by atoms with Gasteiger partial charge in [0.1, 0.15) is 11.5 Å². The minimum atomic E-state index is 0.0178. The molecule has 1 saturated heterocycles. The second kappa shape index (κ2) is 3.41. The zero-order valence-electron chi connectivity index (χ0n) is 8.14. The first-order valence-electron chi connectivity index (χ1n) is 5.03. The van der Waals surface area contributed by atoms with Crippen molar-refractivity contribution in [2.45, 2.75) is 18.1 Å². The summed E-state index contributed by atoms with van der Waals surface area (Å²) in [6, 6.07) is 3.15. The standard InChI is InChI=1S/C10H11N3OS/c14-7-3-4-13-9(6-7)11-12-10(13)8-2-1-5-15-8/h3-4,6,8,11H,1-2,5H2. The Morgan fingerprint density at radius 2 is 2.53 bits per heavy atom. The van der Waals surface area contributed by atoms with Gasteiger partial charge in [-0.3, -0.25) is 14.3 Å². The van der Waals surface area contributed by atoms with E-state index in [4.69, 9.17) is 0 Å². The second-order valence-electron chi connectivity index (χ2n) is 3.70. The lowest BCUT2D eigenvalue weighted by Gasteiger charge is -2.05.